The fourth-order valence-electron chi connectivity index (χ4n) is 1.72. The maximum atomic E-state index is 11.1. The summed E-state index contributed by atoms with van der Waals surface area (Å²) in [5, 5.41) is 6.51. The Morgan fingerprint density at radius 1 is 1.62 bits per heavy atom. The Balaban J connectivity index is 0.00000128. The summed E-state index contributed by atoms with van der Waals surface area (Å²) < 4.78 is 0. The van der Waals surface area contributed by atoms with Gasteiger partial charge in [-0.3, -0.25) is 4.79 Å². The molecule has 0 aromatic carbocycles. The van der Waals surface area contributed by atoms with Crippen LogP contribution in [0.5, 0.6) is 0 Å². The van der Waals surface area contributed by atoms with Crippen LogP contribution < -0.4 is 16.4 Å². The molecule has 1 fully saturated rings. The monoisotopic (exact) mass is 242 g/mol. The summed E-state index contributed by atoms with van der Waals surface area (Å²) in [4.78, 5) is 15.1. The van der Waals surface area contributed by atoms with E-state index in [9.17, 15) is 4.79 Å². The molecule has 1 aromatic rings. The summed E-state index contributed by atoms with van der Waals surface area (Å²) in [6.45, 7) is 1.91. The van der Waals surface area contributed by atoms with Crippen molar-refractivity contribution in [3.63, 3.8) is 0 Å². The van der Waals surface area contributed by atoms with Gasteiger partial charge >= 0.3 is 0 Å². The maximum Gasteiger partial charge on any atom is 0.269 e. The van der Waals surface area contributed by atoms with Gasteiger partial charge in [0.15, 0.2) is 5.69 Å². The number of halogens is 1. The first-order valence-electron chi connectivity index (χ1n) is 4.99. The molecule has 2 rings (SSSR count). The highest BCUT2D eigenvalue weighted by atomic mass is 35.5. The number of carbonyl (C=O) groups excluding carboxylic acids is 1. The van der Waals surface area contributed by atoms with Crippen LogP contribution >= 0.6 is 12.4 Å². The fraction of sp³-hybridized carbons (Fsp3) is 0.400. The molecule has 0 aliphatic carbocycles. The van der Waals surface area contributed by atoms with Gasteiger partial charge in [-0.1, -0.05) is 0 Å². The van der Waals surface area contributed by atoms with Gasteiger partial charge in [-0.05, 0) is 25.1 Å². The Morgan fingerprint density at radius 3 is 3.06 bits per heavy atom. The van der Waals surface area contributed by atoms with E-state index in [4.69, 9.17) is 5.73 Å². The molecule has 1 aliphatic heterocycles. The zero-order valence-electron chi connectivity index (χ0n) is 8.77. The molecule has 1 aliphatic rings. The molecule has 0 bridgehead atoms. The molecule has 5 nitrogen and oxygen atoms in total. The summed E-state index contributed by atoms with van der Waals surface area (Å²) in [5.41, 5.74) is 6.26. The molecule has 0 saturated carbocycles. The second-order valence-electron chi connectivity index (χ2n) is 3.60. The number of nitrogens with zero attached hydrogens (tertiary/aromatic N) is 1. The third-order valence-corrected chi connectivity index (χ3v) is 2.46. The first-order valence-corrected chi connectivity index (χ1v) is 4.99. The summed E-state index contributed by atoms with van der Waals surface area (Å²) in [6.07, 6.45) is 2.62. The second-order valence-corrected chi connectivity index (χ2v) is 3.60. The van der Waals surface area contributed by atoms with Crippen molar-refractivity contribution in [1.82, 2.24) is 10.3 Å². The highest BCUT2D eigenvalue weighted by molar-refractivity contribution is 5.96. The van der Waals surface area contributed by atoms with Crippen LogP contribution in [0.3, 0.4) is 0 Å². The number of carbonyl (C=O) groups is 1. The molecule has 4 N–H and O–H groups in total. The Kier molecular flexibility index (Phi) is 4.52. The third-order valence-electron chi connectivity index (χ3n) is 2.46. The van der Waals surface area contributed by atoms with Gasteiger partial charge in [-0.15, -0.1) is 12.4 Å². The van der Waals surface area contributed by atoms with Crippen molar-refractivity contribution in [2.24, 2.45) is 5.73 Å². The van der Waals surface area contributed by atoms with Crippen molar-refractivity contribution >= 4 is 24.0 Å². The van der Waals surface area contributed by atoms with E-state index in [1.54, 1.807) is 12.3 Å². The van der Waals surface area contributed by atoms with Crippen LogP contribution in [0, 0.1) is 0 Å². The number of nitrogens with two attached hydrogens (primary N) is 1. The van der Waals surface area contributed by atoms with E-state index in [1.807, 2.05) is 6.07 Å². The van der Waals surface area contributed by atoms with Crippen LogP contribution in [0.4, 0.5) is 5.69 Å². The molecule has 1 unspecified atom stereocenters. The highest BCUT2D eigenvalue weighted by Gasteiger charge is 2.16. The normalized spacial score (nSPS) is 18.9. The molecule has 1 aromatic heterocycles. The number of nitrogens with one attached hydrogen (secondary N) is 2. The fourth-order valence-corrected chi connectivity index (χ4v) is 1.72. The van der Waals surface area contributed by atoms with Crippen molar-refractivity contribution in [1.29, 1.82) is 0 Å². The number of anilines is 1. The lowest BCUT2D eigenvalue weighted by Gasteiger charge is -2.14. The van der Waals surface area contributed by atoms with E-state index in [1.165, 1.54) is 0 Å². The first-order chi connectivity index (χ1) is 7.27. The molecular weight excluding hydrogens is 228 g/mol. The number of aromatic nitrogens is 1. The predicted octanol–water partition coefficient (Wildman–Crippen LogP) is 0.376. The van der Waals surface area contributed by atoms with Gasteiger partial charge in [-0.2, -0.15) is 0 Å². The highest BCUT2D eigenvalue weighted by Crippen LogP contribution is 2.14. The minimum Gasteiger partial charge on any atom is -0.379 e. The topological polar surface area (TPSA) is 80.0 Å². The number of primary amides is 1. The quantitative estimate of drug-likeness (QED) is 0.716. The van der Waals surface area contributed by atoms with Crippen LogP contribution in [0.15, 0.2) is 18.3 Å². The lowest BCUT2D eigenvalue weighted by molar-refractivity contribution is 0.0996. The Bertz CT molecular complexity index is 366. The van der Waals surface area contributed by atoms with Crippen molar-refractivity contribution < 1.29 is 4.79 Å². The predicted molar refractivity (Wildman–Crippen MR) is 64.9 cm³/mol. The molecular formula is C10H15ClN4O. The van der Waals surface area contributed by atoms with E-state index in [2.05, 4.69) is 15.6 Å². The van der Waals surface area contributed by atoms with Gasteiger partial charge in [0, 0.05) is 18.8 Å². The lowest BCUT2D eigenvalue weighted by atomic mass is 10.2. The molecule has 1 atom stereocenters. The summed E-state index contributed by atoms with van der Waals surface area (Å²) >= 11 is 0. The van der Waals surface area contributed by atoms with Gasteiger partial charge < -0.3 is 16.4 Å². The van der Waals surface area contributed by atoms with Crippen molar-refractivity contribution in [2.75, 3.05) is 18.4 Å². The SMILES string of the molecule is Cl.NC(=O)c1ncccc1NC1CCNC1. The van der Waals surface area contributed by atoms with E-state index in [-0.39, 0.29) is 12.4 Å². The van der Waals surface area contributed by atoms with E-state index in [0.717, 1.165) is 25.2 Å². The Hall–Kier alpha value is -1.33. The van der Waals surface area contributed by atoms with E-state index >= 15 is 0 Å². The average molecular weight is 243 g/mol. The zero-order valence-corrected chi connectivity index (χ0v) is 9.59. The Morgan fingerprint density at radius 2 is 2.44 bits per heavy atom. The summed E-state index contributed by atoms with van der Waals surface area (Å²) in [7, 11) is 0. The number of pyridine rings is 1. The molecule has 88 valence electrons. The molecule has 2 heterocycles. The third kappa shape index (κ3) is 2.84. The molecule has 16 heavy (non-hydrogen) atoms. The maximum absolute atomic E-state index is 11.1. The van der Waals surface area contributed by atoms with Crippen LogP contribution in [0.2, 0.25) is 0 Å². The van der Waals surface area contributed by atoms with E-state index < -0.39 is 5.91 Å². The largest absolute Gasteiger partial charge is 0.379 e. The van der Waals surface area contributed by atoms with Crippen molar-refractivity contribution in [3.05, 3.63) is 24.0 Å². The van der Waals surface area contributed by atoms with Gasteiger partial charge in [0.05, 0.1) is 5.69 Å². The molecule has 1 saturated heterocycles. The number of hydrogen-bond acceptors (Lipinski definition) is 4. The van der Waals surface area contributed by atoms with E-state index in [0.29, 0.717) is 11.7 Å². The minimum atomic E-state index is -0.496. The smallest absolute Gasteiger partial charge is 0.269 e. The molecule has 0 radical (unpaired) electrons. The zero-order chi connectivity index (χ0) is 10.7. The van der Waals surface area contributed by atoms with Crippen LogP contribution in [-0.2, 0) is 0 Å². The van der Waals surface area contributed by atoms with Crippen molar-refractivity contribution in [3.8, 4) is 0 Å². The molecule has 1 amide bonds. The van der Waals surface area contributed by atoms with Gasteiger partial charge in [0.2, 0.25) is 0 Å². The van der Waals surface area contributed by atoms with Crippen molar-refractivity contribution in [2.45, 2.75) is 12.5 Å². The van der Waals surface area contributed by atoms with Crippen LogP contribution in [-0.4, -0.2) is 30.0 Å². The summed E-state index contributed by atoms with van der Waals surface area (Å²) in [5.74, 6) is -0.496. The van der Waals surface area contributed by atoms with Gasteiger partial charge in [0.25, 0.3) is 5.91 Å². The molecule has 6 heteroatoms. The van der Waals surface area contributed by atoms with Gasteiger partial charge in [0.1, 0.15) is 0 Å². The lowest BCUT2D eigenvalue weighted by Crippen LogP contribution is -2.25. The minimum absolute atomic E-state index is 0. The average Bonchev–Trinajstić information content (AvgIpc) is 2.71. The Labute approximate surface area is 100 Å². The number of rotatable bonds is 3. The summed E-state index contributed by atoms with van der Waals surface area (Å²) in [6, 6.07) is 3.97. The standard InChI is InChI=1S/C10H14N4O.ClH/c11-10(15)9-8(2-1-4-13-9)14-7-3-5-12-6-7;/h1-2,4,7,12,14H,3,5-6H2,(H2,11,15);1H. The van der Waals surface area contributed by atoms with Gasteiger partial charge in [-0.25, -0.2) is 4.98 Å². The van der Waals surface area contributed by atoms with Crippen LogP contribution in [0.1, 0.15) is 16.9 Å². The number of hydrogen-bond donors (Lipinski definition) is 3. The molecule has 0 spiro atoms. The first kappa shape index (κ1) is 12.7. The second kappa shape index (κ2) is 5.67. The number of amides is 1. The van der Waals surface area contributed by atoms with Crippen LogP contribution in [0.25, 0.3) is 0 Å².